The van der Waals surface area contributed by atoms with Crippen LogP contribution in [0.5, 0.6) is 0 Å². The van der Waals surface area contributed by atoms with E-state index in [9.17, 15) is 9.00 Å². The fourth-order valence-electron chi connectivity index (χ4n) is 2.93. The van der Waals surface area contributed by atoms with E-state index in [4.69, 9.17) is 0 Å². The van der Waals surface area contributed by atoms with Gasteiger partial charge in [-0.15, -0.1) is 17.5 Å². The molecule has 1 aliphatic rings. The monoisotopic (exact) mass is 425 g/mol. The van der Waals surface area contributed by atoms with E-state index in [1.54, 1.807) is 10.9 Å². The molecule has 1 saturated heterocycles. The van der Waals surface area contributed by atoms with Gasteiger partial charge in [-0.05, 0) is 64.4 Å². The second-order valence-corrected chi connectivity index (χ2v) is 10.0. The van der Waals surface area contributed by atoms with Crippen molar-refractivity contribution in [3.8, 4) is 0 Å². The highest BCUT2D eigenvalue weighted by molar-refractivity contribution is 7.85. The van der Waals surface area contributed by atoms with Crippen molar-refractivity contribution >= 4 is 34.8 Å². The summed E-state index contributed by atoms with van der Waals surface area (Å²) in [5, 5.41) is 14.3. The van der Waals surface area contributed by atoms with Crippen LogP contribution in [0.1, 0.15) is 55.7 Å². The molecule has 2 heterocycles. The zero-order valence-corrected chi connectivity index (χ0v) is 18.1. The summed E-state index contributed by atoms with van der Waals surface area (Å²) < 4.78 is 13.9. The zero-order chi connectivity index (χ0) is 19.4. The van der Waals surface area contributed by atoms with Crippen LogP contribution in [-0.2, 0) is 16.6 Å². The first-order chi connectivity index (χ1) is 12.8. The summed E-state index contributed by atoms with van der Waals surface area (Å²) in [6, 6.07) is 7.75. The number of hydrogen-bond acceptors (Lipinski definition) is 5. The number of amides is 1. The molecule has 9 heteroatoms. The van der Waals surface area contributed by atoms with Crippen LogP contribution in [0, 0.1) is 0 Å². The van der Waals surface area contributed by atoms with Crippen LogP contribution >= 0.6 is 12.4 Å². The van der Waals surface area contributed by atoms with Gasteiger partial charge >= 0.3 is 0 Å². The SMILES string of the molecule is CC(C)(C)S(=O)Cc1cccc(NC(=O)c2cn(C3CCNCC3)nn2)c1.Cl. The third-order valence-corrected chi connectivity index (χ3v) is 6.55. The van der Waals surface area contributed by atoms with Gasteiger partial charge in [0.2, 0.25) is 0 Å². The van der Waals surface area contributed by atoms with E-state index in [1.807, 2.05) is 45.0 Å². The van der Waals surface area contributed by atoms with Gasteiger partial charge in [0.15, 0.2) is 5.69 Å². The Morgan fingerprint density at radius 1 is 1.32 bits per heavy atom. The third-order valence-electron chi connectivity index (χ3n) is 4.59. The number of nitrogens with one attached hydrogen (secondary N) is 2. The first-order valence-electron chi connectivity index (χ1n) is 9.24. The first-order valence-corrected chi connectivity index (χ1v) is 10.6. The van der Waals surface area contributed by atoms with E-state index in [0.29, 0.717) is 17.1 Å². The van der Waals surface area contributed by atoms with Gasteiger partial charge in [0, 0.05) is 27.0 Å². The summed E-state index contributed by atoms with van der Waals surface area (Å²) in [4.78, 5) is 12.5. The topological polar surface area (TPSA) is 88.9 Å². The molecule has 1 fully saturated rings. The molecule has 0 spiro atoms. The molecule has 28 heavy (non-hydrogen) atoms. The van der Waals surface area contributed by atoms with E-state index < -0.39 is 10.8 Å². The number of rotatable bonds is 5. The number of nitrogens with zero attached hydrogens (tertiary/aromatic N) is 3. The normalized spacial score (nSPS) is 16.2. The minimum atomic E-state index is -0.988. The van der Waals surface area contributed by atoms with Gasteiger partial charge in [0.05, 0.1) is 12.2 Å². The van der Waals surface area contributed by atoms with E-state index in [1.165, 1.54) is 0 Å². The molecule has 7 nitrogen and oxygen atoms in total. The highest BCUT2D eigenvalue weighted by atomic mass is 35.5. The highest BCUT2D eigenvalue weighted by Gasteiger charge is 2.20. The average molecular weight is 426 g/mol. The number of benzene rings is 1. The molecule has 0 aliphatic carbocycles. The van der Waals surface area contributed by atoms with Crippen molar-refractivity contribution in [2.24, 2.45) is 0 Å². The van der Waals surface area contributed by atoms with Crippen molar-refractivity contribution < 1.29 is 9.00 Å². The van der Waals surface area contributed by atoms with Crippen LogP contribution in [0.25, 0.3) is 0 Å². The number of carbonyl (C=O) groups excluding carboxylic acids is 1. The minimum absolute atomic E-state index is 0. The molecule has 2 N–H and O–H groups in total. The summed E-state index contributed by atoms with van der Waals surface area (Å²) in [6.45, 7) is 7.78. The molecule has 0 radical (unpaired) electrons. The Morgan fingerprint density at radius 3 is 2.71 bits per heavy atom. The Kier molecular flexibility index (Phi) is 7.74. The lowest BCUT2D eigenvalue weighted by atomic mass is 10.1. The molecular weight excluding hydrogens is 398 g/mol. The molecule has 1 aromatic carbocycles. The molecular formula is C19H28ClN5O2S. The predicted octanol–water partition coefficient (Wildman–Crippen LogP) is 2.92. The van der Waals surface area contributed by atoms with Crippen LogP contribution in [0.4, 0.5) is 5.69 Å². The lowest BCUT2D eigenvalue weighted by molar-refractivity contribution is 0.102. The largest absolute Gasteiger partial charge is 0.321 e. The van der Waals surface area contributed by atoms with Gasteiger partial charge in [0.1, 0.15) is 0 Å². The molecule has 1 atom stereocenters. The van der Waals surface area contributed by atoms with E-state index in [-0.39, 0.29) is 29.1 Å². The van der Waals surface area contributed by atoms with Crippen molar-refractivity contribution in [3.05, 3.63) is 41.7 Å². The number of aromatic nitrogens is 3. The van der Waals surface area contributed by atoms with Crippen LogP contribution < -0.4 is 10.6 Å². The van der Waals surface area contributed by atoms with Crippen LogP contribution in [0.3, 0.4) is 0 Å². The van der Waals surface area contributed by atoms with Crippen molar-refractivity contribution in [2.75, 3.05) is 18.4 Å². The standard InChI is InChI=1S/C19H27N5O2S.ClH/c1-19(2,3)27(26)13-14-5-4-6-15(11-14)21-18(25)17-12-24(23-22-17)16-7-9-20-10-8-16;/h4-6,11-12,16,20H,7-10,13H2,1-3H3,(H,21,25);1H. The Bertz CT molecular complexity index is 828. The Hall–Kier alpha value is -1.77. The van der Waals surface area contributed by atoms with E-state index in [0.717, 1.165) is 31.5 Å². The molecule has 1 aromatic heterocycles. The first kappa shape index (κ1) is 22.5. The van der Waals surface area contributed by atoms with Crippen molar-refractivity contribution in [3.63, 3.8) is 0 Å². The van der Waals surface area contributed by atoms with Crippen molar-refractivity contribution in [1.29, 1.82) is 0 Å². The maximum Gasteiger partial charge on any atom is 0.277 e. The number of piperidine rings is 1. The minimum Gasteiger partial charge on any atom is -0.321 e. The van der Waals surface area contributed by atoms with Gasteiger partial charge in [-0.2, -0.15) is 0 Å². The molecule has 1 aliphatic heterocycles. The van der Waals surface area contributed by atoms with Gasteiger partial charge in [0.25, 0.3) is 5.91 Å². The van der Waals surface area contributed by atoms with E-state index >= 15 is 0 Å². The van der Waals surface area contributed by atoms with Crippen molar-refractivity contribution in [1.82, 2.24) is 20.3 Å². The van der Waals surface area contributed by atoms with Crippen LogP contribution in [-0.4, -0.2) is 42.9 Å². The maximum atomic E-state index is 12.5. The van der Waals surface area contributed by atoms with Crippen LogP contribution in [0.15, 0.2) is 30.5 Å². The molecule has 1 amide bonds. The average Bonchev–Trinajstić information content (AvgIpc) is 3.12. The van der Waals surface area contributed by atoms with Gasteiger partial charge in [-0.1, -0.05) is 17.3 Å². The number of hydrogen-bond donors (Lipinski definition) is 2. The molecule has 1 unspecified atom stereocenters. The third kappa shape index (κ3) is 5.86. The number of anilines is 1. The lowest BCUT2D eigenvalue weighted by Crippen LogP contribution is -2.29. The maximum absolute atomic E-state index is 12.5. The molecule has 0 bridgehead atoms. The highest BCUT2D eigenvalue weighted by Crippen LogP contribution is 2.20. The quantitative estimate of drug-likeness (QED) is 0.768. The molecule has 3 rings (SSSR count). The summed E-state index contributed by atoms with van der Waals surface area (Å²) in [7, 11) is -0.988. The van der Waals surface area contributed by atoms with Crippen LogP contribution in [0.2, 0.25) is 0 Å². The Labute approximate surface area is 174 Å². The van der Waals surface area contributed by atoms with Gasteiger partial charge < -0.3 is 10.6 Å². The summed E-state index contributed by atoms with van der Waals surface area (Å²) in [5.41, 5.74) is 1.90. The predicted molar refractivity (Wildman–Crippen MR) is 114 cm³/mol. The second-order valence-electron chi connectivity index (χ2n) is 7.82. The van der Waals surface area contributed by atoms with Gasteiger partial charge in [-0.3, -0.25) is 9.00 Å². The fraction of sp³-hybridized carbons (Fsp3) is 0.526. The fourth-order valence-corrected chi connectivity index (χ4v) is 3.85. The van der Waals surface area contributed by atoms with Crippen molar-refractivity contribution in [2.45, 2.75) is 50.2 Å². The summed E-state index contributed by atoms with van der Waals surface area (Å²) in [6.07, 6.45) is 3.68. The zero-order valence-electron chi connectivity index (χ0n) is 16.5. The smallest absolute Gasteiger partial charge is 0.277 e. The Morgan fingerprint density at radius 2 is 2.04 bits per heavy atom. The molecule has 154 valence electrons. The second kappa shape index (κ2) is 9.62. The number of carbonyl (C=O) groups is 1. The molecule has 0 saturated carbocycles. The lowest BCUT2D eigenvalue weighted by Gasteiger charge is -2.22. The summed E-state index contributed by atoms with van der Waals surface area (Å²) in [5.74, 6) is 0.170. The molecule has 2 aromatic rings. The Balaban J connectivity index is 0.00000280. The van der Waals surface area contributed by atoms with Gasteiger partial charge in [-0.25, -0.2) is 4.68 Å². The van der Waals surface area contributed by atoms with E-state index in [2.05, 4.69) is 20.9 Å². The summed E-state index contributed by atoms with van der Waals surface area (Å²) >= 11 is 0. The number of halogens is 1.